The molecule has 1 atom stereocenters. The second-order valence-electron chi connectivity index (χ2n) is 7.70. The lowest BCUT2D eigenvalue weighted by molar-refractivity contribution is 0.0945. The molecule has 0 bridgehead atoms. The number of thiophene rings is 1. The normalized spacial score (nSPS) is 12.6. The number of imidazole rings is 1. The van der Waals surface area contributed by atoms with Gasteiger partial charge in [-0.15, -0.1) is 11.3 Å². The van der Waals surface area contributed by atoms with Crippen molar-refractivity contribution in [2.45, 2.75) is 33.4 Å². The molecule has 1 amide bonds. The van der Waals surface area contributed by atoms with Gasteiger partial charge in [-0.25, -0.2) is 4.98 Å². The van der Waals surface area contributed by atoms with Crippen molar-refractivity contribution < 1.29 is 4.79 Å². The molecule has 1 N–H and O–H groups in total. The fourth-order valence-corrected chi connectivity index (χ4v) is 4.57. The van der Waals surface area contributed by atoms with Crippen LogP contribution in [0.15, 0.2) is 48.8 Å². The second kappa shape index (κ2) is 7.83. The van der Waals surface area contributed by atoms with E-state index in [2.05, 4.69) is 29.2 Å². The van der Waals surface area contributed by atoms with E-state index in [1.165, 1.54) is 11.3 Å². The number of rotatable bonds is 6. The van der Waals surface area contributed by atoms with Gasteiger partial charge in [-0.1, -0.05) is 44.2 Å². The summed E-state index contributed by atoms with van der Waals surface area (Å²) in [5.74, 6) is 1.19. The molecule has 4 aromatic rings. The maximum atomic E-state index is 13.2. The van der Waals surface area contributed by atoms with Gasteiger partial charge in [0.15, 0.2) is 0 Å². The van der Waals surface area contributed by atoms with Crippen molar-refractivity contribution in [3.63, 3.8) is 0 Å². The molecule has 0 saturated heterocycles. The number of hydrogen-bond donors (Lipinski definition) is 1. The molecule has 1 aromatic carbocycles. The molecule has 3 heterocycles. The molecule has 0 aliphatic rings. The summed E-state index contributed by atoms with van der Waals surface area (Å²) in [6.07, 6.45) is 3.64. The van der Waals surface area contributed by atoms with Crippen LogP contribution < -0.4 is 5.32 Å². The summed E-state index contributed by atoms with van der Waals surface area (Å²) in [5.41, 5.74) is 1.96. The Kier molecular flexibility index (Phi) is 5.24. The van der Waals surface area contributed by atoms with Gasteiger partial charge in [0.05, 0.1) is 10.6 Å². The fourth-order valence-electron chi connectivity index (χ4n) is 3.49. The van der Waals surface area contributed by atoms with Crippen molar-refractivity contribution in [2.75, 3.05) is 0 Å². The van der Waals surface area contributed by atoms with Gasteiger partial charge in [0.1, 0.15) is 16.7 Å². The van der Waals surface area contributed by atoms with E-state index in [-0.39, 0.29) is 11.9 Å². The van der Waals surface area contributed by atoms with Crippen LogP contribution in [0.1, 0.15) is 46.6 Å². The molecule has 1 unspecified atom stereocenters. The van der Waals surface area contributed by atoms with Crippen LogP contribution in [0, 0.1) is 12.8 Å². The number of carbonyl (C=O) groups excluding carboxylic acids is 1. The Morgan fingerprint density at radius 1 is 1.24 bits per heavy atom. The average Bonchev–Trinajstić information content (AvgIpc) is 3.38. The van der Waals surface area contributed by atoms with Gasteiger partial charge in [-0.05, 0) is 24.5 Å². The smallest absolute Gasteiger partial charge is 0.262 e. The minimum absolute atomic E-state index is 0.0986. The topological polar surface area (TPSA) is 64.7 Å². The lowest BCUT2D eigenvalue weighted by Crippen LogP contribution is -2.30. The third kappa shape index (κ3) is 3.82. The van der Waals surface area contributed by atoms with Gasteiger partial charge < -0.3 is 9.88 Å². The molecule has 6 nitrogen and oxygen atoms in total. The first kappa shape index (κ1) is 19.4. The van der Waals surface area contributed by atoms with E-state index in [0.29, 0.717) is 10.8 Å². The molecule has 150 valence electrons. The Morgan fingerprint density at radius 3 is 2.66 bits per heavy atom. The van der Waals surface area contributed by atoms with Crippen LogP contribution in [-0.4, -0.2) is 25.2 Å². The van der Waals surface area contributed by atoms with Crippen LogP contribution >= 0.6 is 11.3 Å². The Hall–Kier alpha value is -2.93. The van der Waals surface area contributed by atoms with Gasteiger partial charge in [0, 0.05) is 31.4 Å². The highest BCUT2D eigenvalue weighted by molar-refractivity contribution is 7.20. The fraction of sp³-hybridized carbons (Fsp3) is 0.318. The molecule has 29 heavy (non-hydrogen) atoms. The van der Waals surface area contributed by atoms with Gasteiger partial charge in [0.2, 0.25) is 0 Å². The number of hydrogen-bond acceptors (Lipinski definition) is 4. The Bertz CT molecular complexity index is 1140. The maximum absolute atomic E-state index is 13.2. The Labute approximate surface area is 174 Å². The second-order valence-corrected chi connectivity index (χ2v) is 8.73. The Balaban J connectivity index is 1.67. The molecule has 0 fully saturated rings. The zero-order valence-corrected chi connectivity index (χ0v) is 17.9. The van der Waals surface area contributed by atoms with Crippen LogP contribution in [-0.2, 0) is 13.6 Å². The Morgan fingerprint density at radius 2 is 2.00 bits per heavy atom. The molecule has 4 rings (SSSR count). The van der Waals surface area contributed by atoms with E-state index in [1.54, 1.807) is 6.20 Å². The molecule has 0 radical (unpaired) electrons. The van der Waals surface area contributed by atoms with Crippen LogP contribution in [0.25, 0.3) is 10.2 Å². The van der Waals surface area contributed by atoms with E-state index in [9.17, 15) is 4.79 Å². The van der Waals surface area contributed by atoms with Crippen molar-refractivity contribution in [2.24, 2.45) is 13.0 Å². The zero-order valence-electron chi connectivity index (χ0n) is 17.1. The van der Waals surface area contributed by atoms with E-state index in [0.717, 1.165) is 33.8 Å². The number of aryl methyl sites for hydroxylation is 2. The van der Waals surface area contributed by atoms with Crippen molar-refractivity contribution in [3.8, 4) is 0 Å². The quantitative estimate of drug-likeness (QED) is 0.518. The first-order valence-electron chi connectivity index (χ1n) is 9.74. The standard InChI is InChI=1S/C22H25N5OS/c1-14(2)13-27-22-17(15(3)25-27)12-18(29-22)21(28)24-19(16-8-6-5-7-9-16)20-23-10-11-26(20)4/h5-12,14,19H,13H2,1-4H3,(H,24,28). The van der Waals surface area contributed by atoms with Crippen molar-refractivity contribution in [1.82, 2.24) is 24.6 Å². The number of nitrogens with one attached hydrogen (secondary N) is 1. The number of fused-ring (bicyclic) bond motifs is 1. The first-order chi connectivity index (χ1) is 13.9. The van der Waals surface area contributed by atoms with Crippen LogP contribution in [0.2, 0.25) is 0 Å². The molecule has 0 saturated carbocycles. The minimum Gasteiger partial charge on any atom is -0.337 e. The predicted molar refractivity (Wildman–Crippen MR) is 116 cm³/mol. The van der Waals surface area contributed by atoms with Crippen molar-refractivity contribution in [1.29, 1.82) is 0 Å². The summed E-state index contributed by atoms with van der Waals surface area (Å²) >= 11 is 1.49. The summed E-state index contributed by atoms with van der Waals surface area (Å²) in [4.78, 5) is 19.4. The number of nitrogens with zero attached hydrogens (tertiary/aromatic N) is 4. The molecule has 0 aliphatic heterocycles. The SMILES string of the molecule is Cc1nn(CC(C)C)c2sc(C(=O)NC(c3ccccc3)c3nccn3C)cc12. The number of carbonyl (C=O) groups is 1. The molecule has 3 aromatic heterocycles. The summed E-state index contributed by atoms with van der Waals surface area (Å²) in [7, 11) is 1.94. The van der Waals surface area contributed by atoms with E-state index in [1.807, 2.05) is 65.8 Å². The molecule has 7 heteroatoms. The first-order valence-corrected chi connectivity index (χ1v) is 10.6. The van der Waals surface area contributed by atoms with Crippen molar-refractivity contribution >= 4 is 27.5 Å². The highest BCUT2D eigenvalue weighted by atomic mass is 32.1. The van der Waals surface area contributed by atoms with Crippen LogP contribution in [0.4, 0.5) is 0 Å². The van der Waals surface area contributed by atoms with Gasteiger partial charge in [-0.2, -0.15) is 5.10 Å². The van der Waals surface area contributed by atoms with Gasteiger partial charge >= 0.3 is 0 Å². The lowest BCUT2D eigenvalue weighted by atomic mass is 10.1. The van der Waals surface area contributed by atoms with Crippen LogP contribution in [0.3, 0.4) is 0 Å². The third-order valence-corrected chi connectivity index (χ3v) is 6.04. The number of aromatic nitrogens is 4. The maximum Gasteiger partial charge on any atom is 0.262 e. The largest absolute Gasteiger partial charge is 0.337 e. The zero-order chi connectivity index (χ0) is 20.5. The van der Waals surface area contributed by atoms with E-state index < -0.39 is 0 Å². The number of amides is 1. The van der Waals surface area contributed by atoms with Gasteiger partial charge in [-0.3, -0.25) is 9.48 Å². The van der Waals surface area contributed by atoms with E-state index in [4.69, 9.17) is 0 Å². The predicted octanol–water partition coefficient (Wildman–Crippen LogP) is 4.32. The summed E-state index contributed by atoms with van der Waals surface area (Å²) < 4.78 is 3.96. The third-order valence-electron chi connectivity index (χ3n) is 4.89. The monoisotopic (exact) mass is 407 g/mol. The molecular weight excluding hydrogens is 382 g/mol. The molecule has 0 spiro atoms. The summed E-state index contributed by atoms with van der Waals surface area (Å²) in [5, 5.41) is 8.86. The van der Waals surface area contributed by atoms with E-state index >= 15 is 0 Å². The summed E-state index contributed by atoms with van der Waals surface area (Å²) in [6.45, 7) is 7.17. The lowest BCUT2D eigenvalue weighted by Gasteiger charge is -2.18. The molecular formula is C22H25N5OS. The molecule has 0 aliphatic carbocycles. The highest BCUT2D eigenvalue weighted by Gasteiger charge is 2.23. The van der Waals surface area contributed by atoms with Gasteiger partial charge in [0.25, 0.3) is 5.91 Å². The highest BCUT2D eigenvalue weighted by Crippen LogP contribution is 2.30. The van der Waals surface area contributed by atoms with Crippen LogP contribution in [0.5, 0.6) is 0 Å². The number of benzene rings is 1. The van der Waals surface area contributed by atoms with Crippen molar-refractivity contribution in [3.05, 3.63) is 70.8 Å². The minimum atomic E-state index is -0.317. The average molecular weight is 408 g/mol. The summed E-state index contributed by atoms with van der Waals surface area (Å²) in [6, 6.07) is 11.6.